The molecule has 0 saturated heterocycles. The van der Waals surface area contributed by atoms with Crippen LogP contribution in [0.3, 0.4) is 0 Å². The van der Waals surface area contributed by atoms with Gasteiger partial charge in [0.15, 0.2) is 0 Å². The average Bonchev–Trinajstić information content (AvgIpc) is 1.62. The molecule has 0 aromatic heterocycles. The molecule has 0 N–H and O–H groups in total. The van der Waals surface area contributed by atoms with Crippen molar-refractivity contribution >= 4 is 0 Å². The molecule has 1 fully saturated rings. The van der Waals surface area contributed by atoms with Gasteiger partial charge in [-0.25, -0.2) is 8.78 Å². The number of nitrogens with zero attached hydrogens (tertiary/aromatic N) is 3. The van der Waals surface area contributed by atoms with Crippen molar-refractivity contribution in [1.82, 2.24) is 0 Å². The van der Waals surface area contributed by atoms with Gasteiger partial charge in [-0.15, -0.1) is 0 Å². The van der Waals surface area contributed by atoms with E-state index < -0.39 is 12.0 Å². The van der Waals surface area contributed by atoms with Gasteiger partial charge in [-0.1, -0.05) is 5.11 Å². The van der Waals surface area contributed by atoms with Crippen molar-refractivity contribution in [3.05, 3.63) is 10.4 Å². The van der Waals surface area contributed by atoms with Gasteiger partial charge in [0, 0.05) is 23.8 Å². The van der Waals surface area contributed by atoms with Crippen LogP contribution in [0.15, 0.2) is 5.11 Å². The smallest absolute Gasteiger partial charge is 0.207 e. The summed E-state index contributed by atoms with van der Waals surface area (Å²) in [6.45, 7) is 0. The summed E-state index contributed by atoms with van der Waals surface area (Å²) >= 11 is 0. The number of alkyl halides is 2. The minimum Gasteiger partial charge on any atom is -0.207 e. The highest BCUT2D eigenvalue weighted by Gasteiger charge is 2.44. The molecule has 5 heteroatoms. The molecule has 0 unspecified atom stereocenters. The second-order valence-corrected chi connectivity index (χ2v) is 2.12. The fraction of sp³-hybridized carbons (Fsp3) is 1.00. The van der Waals surface area contributed by atoms with Gasteiger partial charge in [0.05, 0.1) is 0 Å². The molecule has 0 aromatic carbocycles. The molecule has 0 heterocycles. The first kappa shape index (κ1) is 6.29. The summed E-state index contributed by atoms with van der Waals surface area (Å²) in [5.74, 6) is -2.57. The van der Waals surface area contributed by atoms with E-state index in [-0.39, 0.29) is 12.8 Å². The average molecular weight is 133 g/mol. The third kappa shape index (κ3) is 1.29. The quantitative estimate of drug-likeness (QED) is 0.299. The van der Waals surface area contributed by atoms with Crippen molar-refractivity contribution in [2.45, 2.75) is 24.8 Å². The third-order valence-electron chi connectivity index (χ3n) is 1.28. The molecule has 0 bridgehead atoms. The highest BCUT2D eigenvalue weighted by molar-refractivity contribution is 4.91. The van der Waals surface area contributed by atoms with Crippen LogP contribution >= 0.6 is 0 Å². The largest absolute Gasteiger partial charge is 0.249 e. The molecule has 3 nitrogen and oxygen atoms in total. The maximum Gasteiger partial charge on any atom is 0.249 e. The van der Waals surface area contributed by atoms with Crippen LogP contribution < -0.4 is 0 Å². The lowest BCUT2D eigenvalue weighted by molar-refractivity contribution is -0.0838. The Morgan fingerprint density at radius 2 is 2.11 bits per heavy atom. The maximum atomic E-state index is 11.9. The lowest BCUT2D eigenvalue weighted by Gasteiger charge is -2.31. The van der Waals surface area contributed by atoms with E-state index in [1.807, 2.05) is 0 Å². The monoisotopic (exact) mass is 133 g/mol. The van der Waals surface area contributed by atoms with Crippen LogP contribution in [0.5, 0.6) is 0 Å². The standard InChI is InChI=1S/C4H5F2N3/c5-4(6)1-3(2-4)8-9-7/h3H,1-2H2. The normalized spacial score (nSPS) is 24.2. The molecule has 1 saturated carbocycles. The van der Waals surface area contributed by atoms with Crippen LogP contribution in [0, 0.1) is 0 Å². The van der Waals surface area contributed by atoms with Gasteiger partial charge < -0.3 is 0 Å². The predicted molar refractivity (Wildman–Crippen MR) is 27.1 cm³/mol. The van der Waals surface area contributed by atoms with Gasteiger partial charge in [-0.05, 0) is 5.53 Å². The second-order valence-electron chi connectivity index (χ2n) is 2.12. The van der Waals surface area contributed by atoms with E-state index in [1.165, 1.54) is 0 Å². The molecule has 1 aliphatic carbocycles. The van der Waals surface area contributed by atoms with Crippen LogP contribution in [0.2, 0.25) is 0 Å². The summed E-state index contributed by atoms with van der Waals surface area (Å²) in [6, 6.07) is -0.468. The zero-order valence-electron chi connectivity index (χ0n) is 4.59. The Labute approximate surface area is 50.3 Å². The molecule has 1 rings (SSSR count). The minimum atomic E-state index is -2.57. The number of halogens is 2. The van der Waals surface area contributed by atoms with Gasteiger partial charge in [0.25, 0.3) is 0 Å². The first-order valence-electron chi connectivity index (χ1n) is 2.56. The van der Waals surface area contributed by atoms with Crippen LogP contribution in [0.1, 0.15) is 12.8 Å². The van der Waals surface area contributed by atoms with Crippen molar-refractivity contribution < 1.29 is 8.78 Å². The van der Waals surface area contributed by atoms with E-state index >= 15 is 0 Å². The van der Waals surface area contributed by atoms with E-state index in [1.54, 1.807) is 0 Å². The first-order valence-corrected chi connectivity index (χ1v) is 2.56. The Balaban J connectivity index is 2.35. The van der Waals surface area contributed by atoms with Gasteiger partial charge in [-0.2, -0.15) is 0 Å². The Morgan fingerprint density at radius 1 is 1.56 bits per heavy atom. The Morgan fingerprint density at radius 3 is 2.44 bits per heavy atom. The first-order chi connectivity index (χ1) is 4.14. The Bertz CT molecular complexity index is 153. The fourth-order valence-electron chi connectivity index (χ4n) is 0.784. The fourth-order valence-corrected chi connectivity index (χ4v) is 0.784. The van der Waals surface area contributed by atoms with Crippen LogP contribution in [0.25, 0.3) is 10.4 Å². The number of hydrogen-bond acceptors (Lipinski definition) is 1. The van der Waals surface area contributed by atoms with Gasteiger partial charge in [0.2, 0.25) is 5.92 Å². The van der Waals surface area contributed by atoms with Crippen LogP contribution in [-0.2, 0) is 0 Å². The lowest BCUT2D eigenvalue weighted by Crippen LogP contribution is -2.37. The molecular formula is C4H5F2N3. The topological polar surface area (TPSA) is 48.8 Å². The van der Waals surface area contributed by atoms with Gasteiger partial charge in [0.1, 0.15) is 0 Å². The van der Waals surface area contributed by atoms with Crippen molar-refractivity contribution in [3.63, 3.8) is 0 Å². The Hall–Kier alpha value is -0.830. The molecular weight excluding hydrogens is 128 g/mol. The summed E-state index contributed by atoms with van der Waals surface area (Å²) in [5, 5.41) is 3.13. The lowest BCUT2D eigenvalue weighted by atomic mass is 9.89. The second kappa shape index (κ2) is 1.84. The molecule has 0 aliphatic heterocycles. The molecule has 0 spiro atoms. The van der Waals surface area contributed by atoms with Crippen molar-refractivity contribution in [2.75, 3.05) is 0 Å². The molecule has 9 heavy (non-hydrogen) atoms. The van der Waals surface area contributed by atoms with E-state index in [4.69, 9.17) is 5.53 Å². The summed E-state index contributed by atoms with van der Waals surface area (Å²) in [7, 11) is 0. The Kier molecular flexibility index (Phi) is 1.29. The molecule has 0 atom stereocenters. The van der Waals surface area contributed by atoms with Crippen molar-refractivity contribution in [3.8, 4) is 0 Å². The van der Waals surface area contributed by atoms with Crippen molar-refractivity contribution in [1.29, 1.82) is 0 Å². The zero-order chi connectivity index (χ0) is 6.91. The summed E-state index contributed by atoms with van der Waals surface area (Å²) < 4.78 is 23.9. The van der Waals surface area contributed by atoms with E-state index in [0.29, 0.717) is 0 Å². The van der Waals surface area contributed by atoms with Gasteiger partial charge >= 0.3 is 0 Å². The molecule has 0 amide bonds. The molecule has 0 radical (unpaired) electrons. The highest BCUT2D eigenvalue weighted by atomic mass is 19.3. The summed E-state index contributed by atoms with van der Waals surface area (Å²) in [5.41, 5.74) is 7.79. The van der Waals surface area contributed by atoms with E-state index in [0.717, 1.165) is 0 Å². The molecule has 1 aliphatic rings. The predicted octanol–water partition coefficient (Wildman–Crippen LogP) is 2.09. The van der Waals surface area contributed by atoms with E-state index in [2.05, 4.69) is 10.0 Å². The zero-order valence-corrected chi connectivity index (χ0v) is 4.59. The number of azide groups is 1. The number of rotatable bonds is 1. The number of hydrogen-bond donors (Lipinski definition) is 0. The summed E-state index contributed by atoms with van der Waals surface area (Å²) in [4.78, 5) is 2.41. The van der Waals surface area contributed by atoms with E-state index in [9.17, 15) is 8.78 Å². The SMILES string of the molecule is [N-]=[N+]=NC1CC(F)(F)C1. The highest BCUT2D eigenvalue weighted by Crippen LogP contribution is 2.39. The molecule has 0 aromatic rings. The van der Waals surface area contributed by atoms with Crippen LogP contribution in [-0.4, -0.2) is 12.0 Å². The molecule has 50 valence electrons. The van der Waals surface area contributed by atoms with Crippen LogP contribution in [0.4, 0.5) is 8.78 Å². The summed E-state index contributed by atoms with van der Waals surface area (Å²) in [6.07, 6.45) is -0.561. The van der Waals surface area contributed by atoms with Gasteiger partial charge in [-0.3, -0.25) is 0 Å². The minimum absolute atomic E-state index is 0.281. The van der Waals surface area contributed by atoms with Crippen molar-refractivity contribution in [2.24, 2.45) is 5.11 Å². The third-order valence-corrected chi connectivity index (χ3v) is 1.28. The maximum absolute atomic E-state index is 11.9.